The van der Waals surface area contributed by atoms with Gasteiger partial charge < -0.3 is 5.32 Å². The topological polar surface area (TPSA) is 46.2 Å². The Morgan fingerprint density at radius 3 is 2.17 bits per heavy atom. The monoisotopic (exact) mass is 281 g/mol. The first kappa shape index (κ1) is 14.8. The van der Waals surface area contributed by atoms with E-state index in [1.54, 1.807) is 0 Å². The summed E-state index contributed by atoms with van der Waals surface area (Å²) in [5.74, 6) is -3.50. The summed E-state index contributed by atoms with van der Waals surface area (Å²) in [5, 5.41) is 2.40. The fraction of sp³-hybridized carbons (Fsp3) is 0.455. The smallest absolute Gasteiger partial charge is 0.152 e. The Bertz CT molecular complexity index is 508. The lowest BCUT2D eigenvalue weighted by Crippen LogP contribution is -2.27. The van der Waals surface area contributed by atoms with Gasteiger partial charge in [-0.25, -0.2) is 21.6 Å². The molecule has 0 aliphatic rings. The van der Waals surface area contributed by atoms with E-state index in [9.17, 15) is 21.6 Å². The molecular formula is C11H14F3NO2S. The van der Waals surface area contributed by atoms with Gasteiger partial charge >= 0.3 is 0 Å². The van der Waals surface area contributed by atoms with Crippen molar-refractivity contribution in [1.29, 1.82) is 0 Å². The molecule has 0 saturated heterocycles. The van der Waals surface area contributed by atoms with Gasteiger partial charge in [0.1, 0.15) is 11.5 Å². The molecule has 0 amide bonds. The summed E-state index contributed by atoms with van der Waals surface area (Å²) in [5.41, 5.74) is -0.518. The van der Waals surface area contributed by atoms with Crippen LogP contribution in [0.5, 0.6) is 0 Å². The van der Waals surface area contributed by atoms with Gasteiger partial charge in [-0.1, -0.05) is 6.92 Å². The van der Waals surface area contributed by atoms with Crippen molar-refractivity contribution in [1.82, 2.24) is 0 Å². The van der Waals surface area contributed by atoms with E-state index in [0.29, 0.717) is 12.1 Å². The molecular weight excluding hydrogens is 267 g/mol. The van der Waals surface area contributed by atoms with E-state index < -0.39 is 39.0 Å². The molecule has 0 saturated carbocycles. The highest BCUT2D eigenvalue weighted by Crippen LogP contribution is 2.21. The van der Waals surface area contributed by atoms with Crippen LogP contribution in [0.4, 0.5) is 18.9 Å². The van der Waals surface area contributed by atoms with E-state index in [1.807, 2.05) is 0 Å². The maximum absolute atomic E-state index is 13.3. The zero-order chi connectivity index (χ0) is 13.9. The van der Waals surface area contributed by atoms with E-state index in [1.165, 1.54) is 13.8 Å². The number of benzene rings is 1. The van der Waals surface area contributed by atoms with Crippen molar-refractivity contribution >= 4 is 15.5 Å². The second kappa shape index (κ2) is 5.60. The zero-order valence-corrected chi connectivity index (χ0v) is 10.8. The van der Waals surface area contributed by atoms with Gasteiger partial charge in [-0.15, -0.1) is 0 Å². The number of hydrogen-bond donors (Lipinski definition) is 1. The van der Waals surface area contributed by atoms with Crippen LogP contribution in [0.1, 0.15) is 13.8 Å². The largest absolute Gasteiger partial charge is 0.377 e. The molecule has 0 heterocycles. The Morgan fingerprint density at radius 1 is 1.22 bits per heavy atom. The summed E-state index contributed by atoms with van der Waals surface area (Å²) >= 11 is 0. The molecule has 7 heteroatoms. The number of sulfone groups is 1. The van der Waals surface area contributed by atoms with Crippen molar-refractivity contribution < 1.29 is 21.6 Å². The summed E-state index contributed by atoms with van der Waals surface area (Å²) in [4.78, 5) is 0. The zero-order valence-electron chi connectivity index (χ0n) is 10.0. The van der Waals surface area contributed by atoms with E-state index in [4.69, 9.17) is 0 Å². The Hall–Kier alpha value is -1.24. The maximum Gasteiger partial charge on any atom is 0.152 e. The molecule has 0 bridgehead atoms. The van der Waals surface area contributed by atoms with E-state index >= 15 is 0 Å². The molecule has 0 spiro atoms. The van der Waals surface area contributed by atoms with Crippen LogP contribution in [0.15, 0.2) is 12.1 Å². The standard InChI is InChI=1S/C11H14F3NO2S/c1-3-18(16,17)6-7(2)15-11-9(13)4-8(12)5-10(11)14/h4-5,7,15H,3,6H2,1-2H3. The third kappa shape index (κ3) is 3.90. The number of hydrogen-bond acceptors (Lipinski definition) is 3. The lowest BCUT2D eigenvalue weighted by Gasteiger charge is -2.16. The lowest BCUT2D eigenvalue weighted by molar-refractivity contribution is 0.544. The first-order chi connectivity index (χ1) is 8.25. The minimum Gasteiger partial charge on any atom is -0.377 e. The molecule has 0 aromatic heterocycles. The van der Waals surface area contributed by atoms with Crippen molar-refractivity contribution in [3.8, 4) is 0 Å². The van der Waals surface area contributed by atoms with Crippen LogP contribution in [0.25, 0.3) is 0 Å². The molecule has 102 valence electrons. The predicted molar refractivity (Wildman–Crippen MR) is 63.7 cm³/mol. The van der Waals surface area contributed by atoms with E-state index in [2.05, 4.69) is 5.32 Å². The quantitative estimate of drug-likeness (QED) is 0.901. The van der Waals surface area contributed by atoms with Crippen molar-refractivity contribution in [3.63, 3.8) is 0 Å². The summed E-state index contributed by atoms with van der Waals surface area (Å²) in [6.07, 6.45) is 0. The summed E-state index contributed by atoms with van der Waals surface area (Å²) in [6, 6.07) is 0.392. The summed E-state index contributed by atoms with van der Waals surface area (Å²) in [6.45, 7) is 2.97. The van der Waals surface area contributed by atoms with Gasteiger partial charge in [0.05, 0.1) is 5.75 Å². The van der Waals surface area contributed by atoms with Crippen LogP contribution < -0.4 is 5.32 Å². The molecule has 1 N–H and O–H groups in total. The normalized spacial score (nSPS) is 13.4. The van der Waals surface area contributed by atoms with Crippen molar-refractivity contribution in [2.75, 3.05) is 16.8 Å². The van der Waals surface area contributed by atoms with Crippen LogP contribution in [0, 0.1) is 17.5 Å². The van der Waals surface area contributed by atoms with Crippen molar-refractivity contribution in [2.45, 2.75) is 19.9 Å². The number of nitrogens with one attached hydrogen (secondary N) is 1. The highest BCUT2D eigenvalue weighted by atomic mass is 32.2. The van der Waals surface area contributed by atoms with Crippen molar-refractivity contribution in [3.05, 3.63) is 29.6 Å². The predicted octanol–water partition coefficient (Wildman–Crippen LogP) is 2.34. The fourth-order valence-corrected chi connectivity index (χ4v) is 2.55. The molecule has 1 unspecified atom stereocenters. The second-order valence-electron chi connectivity index (χ2n) is 3.99. The Morgan fingerprint density at radius 2 is 1.72 bits per heavy atom. The molecule has 1 atom stereocenters. The highest BCUT2D eigenvalue weighted by molar-refractivity contribution is 7.91. The van der Waals surface area contributed by atoms with Gasteiger partial charge in [-0.2, -0.15) is 0 Å². The van der Waals surface area contributed by atoms with E-state index in [-0.39, 0.29) is 11.5 Å². The molecule has 1 aromatic rings. The molecule has 0 radical (unpaired) electrons. The van der Waals surface area contributed by atoms with Crippen LogP contribution in [0.2, 0.25) is 0 Å². The van der Waals surface area contributed by atoms with Gasteiger partial charge in [-0.3, -0.25) is 0 Å². The second-order valence-corrected chi connectivity index (χ2v) is 6.39. The number of rotatable bonds is 5. The van der Waals surface area contributed by atoms with Gasteiger partial charge in [0.2, 0.25) is 0 Å². The summed E-state index contributed by atoms with van der Waals surface area (Å²) < 4.78 is 61.9. The number of anilines is 1. The summed E-state index contributed by atoms with van der Waals surface area (Å²) in [7, 11) is -3.25. The molecule has 3 nitrogen and oxygen atoms in total. The molecule has 0 aliphatic carbocycles. The van der Waals surface area contributed by atoms with Gasteiger partial charge in [0, 0.05) is 23.9 Å². The number of halogens is 3. The Kier molecular flexibility index (Phi) is 4.61. The Labute approximate surface area is 104 Å². The molecule has 1 aromatic carbocycles. The minimum absolute atomic E-state index is 0.0482. The lowest BCUT2D eigenvalue weighted by atomic mass is 10.2. The first-order valence-electron chi connectivity index (χ1n) is 5.36. The van der Waals surface area contributed by atoms with E-state index in [0.717, 1.165) is 0 Å². The van der Waals surface area contributed by atoms with Crippen LogP contribution >= 0.6 is 0 Å². The minimum atomic E-state index is -3.25. The van der Waals surface area contributed by atoms with Crippen LogP contribution in [-0.2, 0) is 9.84 Å². The van der Waals surface area contributed by atoms with Gasteiger partial charge in [0.25, 0.3) is 0 Å². The Balaban J connectivity index is 2.86. The highest BCUT2D eigenvalue weighted by Gasteiger charge is 2.17. The molecule has 1 rings (SSSR count). The van der Waals surface area contributed by atoms with Gasteiger partial charge in [-0.05, 0) is 6.92 Å². The average Bonchev–Trinajstić information content (AvgIpc) is 2.22. The third-order valence-corrected chi connectivity index (χ3v) is 4.23. The molecule has 0 fully saturated rings. The van der Waals surface area contributed by atoms with Gasteiger partial charge in [0.15, 0.2) is 21.5 Å². The fourth-order valence-electron chi connectivity index (χ4n) is 1.47. The average molecular weight is 281 g/mol. The first-order valence-corrected chi connectivity index (χ1v) is 7.19. The molecule has 18 heavy (non-hydrogen) atoms. The third-order valence-electron chi connectivity index (χ3n) is 2.34. The molecule has 0 aliphatic heterocycles. The van der Waals surface area contributed by atoms with Crippen LogP contribution in [0.3, 0.4) is 0 Å². The van der Waals surface area contributed by atoms with Crippen LogP contribution in [-0.4, -0.2) is 26.0 Å². The van der Waals surface area contributed by atoms with Crippen molar-refractivity contribution in [2.24, 2.45) is 0 Å². The maximum atomic E-state index is 13.3. The SMILES string of the molecule is CCS(=O)(=O)CC(C)Nc1c(F)cc(F)cc1F.